The van der Waals surface area contributed by atoms with E-state index in [1.165, 1.54) is 0 Å². The summed E-state index contributed by atoms with van der Waals surface area (Å²) in [5.74, 6) is 0. The molecule has 1 fully saturated rings. The van der Waals surface area contributed by atoms with E-state index in [0.29, 0.717) is 10.6 Å². The van der Waals surface area contributed by atoms with Crippen LogP contribution in [0.2, 0.25) is 5.02 Å². The van der Waals surface area contributed by atoms with E-state index in [2.05, 4.69) is 16.7 Å². The Kier molecular flexibility index (Phi) is 5.95. The highest BCUT2D eigenvalue weighted by Gasteiger charge is 2.25. The molecule has 1 aromatic carbocycles. The molecule has 0 unspecified atom stereocenters. The molecule has 130 valence electrons. The van der Waals surface area contributed by atoms with E-state index < -0.39 is 5.60 Å². The quantitative estimate of drug-likeness (QED) is 0.844. The van der Waals surface area contributed by atoms with Gasteiger partial charge in [0.15, 0.2) is 0 Å². The Morgan fingerprint density at radius 1 is 1.33 bits per heavy atom. The van der Waals surface area contributed by atoms with Gasteiger partial charge in [-0.1, -0.05) is 11.6 Å². The molecule has 24 heavy (non-hydrogen) atoms. The van der Waals surface area contributed by atoms with Crippen LogP contribution in [0, 0.1) is 11.3 Å². The van der Waals surface area contributed by atoms with Crippen LogP contribution in [0.3, 0.4) is 0 Å². The van der Waals surface area contributed by atoms with E-state index in [9.17, 15) is 4.79 Å². The smallest absolute Gasteiger partial charge is 0.407 e. The van der Waals surface area contributed by atoms with Crippen molar-refractivity contribution in [2.45, 2.75) is 64.1 Å². The van der Waals surface area contributed by atoms with Crippen molar-refractivity contribution in [3.05, 3.63) is 28.8 Å². The number of anilines is 1. The van der Waals surface area contributed by atoms with Crippen molar-refractivity contribution in [2.75, 3.05) is 5.32 Å². The van der Waals surface area contributed by atoms with Crippen molar-refractivity contribution in [1.29, 1.82) is 5.26 Å². The molecule has 0 bridgehead atoms. The third-order valence-electron chi connectivity index (χ3n) is 3.85. The van der Waals surface area contributed by atoms with E-state index >= 15 is 0 Å². The van der Waals surface area contributed by atoms with Crippen LogP contribution in [0.15, 0.2) is 18.2 Å². The summed E-state index contributed by atoms with van der Waals surface area (Å²) < 4.78 is 5.32. The number of halogens is 1. The number of hydrogen-bond acceptors (Lipinski definition) is 4. The molecule has 0 aromatic heterocycles. The van der Waals surface area contributed by atoms with Gasteiger partial charge in [0.2, 0.25) is 0 Å². The van der Waals surface area contributed by atoms with Crippen LogP contribution in [0.25, 0.3) is 0 Å². The van der Waals surface area contributed by atoms with Gasteiger partial charge in [0, 0.05) is 12.1 Å². The zero-order valence-electron chi connectivity index (χ0n) is 14.4. The van der Waals surface area contributed by atoms with Crippen molar-refractivity contribution in [2.24, 2.45) is 0 Å². The lowest BCUT2D eigenvalue weighted by Gasteiger charge is -2.31. The molecule has 2 N–H and O–H groups in total. The molecular weight excluding hydrogens is 326 g/mol. The largest absolute Gasteiger partial charge is 0.444 e. The zero-order valence-corrected chi connectivity index (χ0v) is 15.1. The average Bonchev–Trinajstić information content (AvgIpc) is 2.47. The summed E-state index contributed by atoms with van der Waals surface area (Å²) >= 11 is 6.22. The third kappa shape index (κ3) is 5.61. The summed E-state index contributed by atoms with van der Waals surface area (Å²) in [6.07, 6.45) is 3.42. The lowest BCUT2D eigenvalue weighted by atomic mass is 9.91. The van der Waals surface area contributed by atoms with Gasteiger partial charge in [-0.3, -0.25) is 0 Å². The second-order valence-electron chi connectivity index (χ2n) is 7.16. The molecular formula is C18H24ClN3O2. The summed E-state index contributed by atoms with van der Waals surface area (Å²) in [5.41, 5.74) is 0.865. The molecule has 2 atom stereocenters. The standard InChI is InChI=1S/C18H24ClN3O2/c1-18(2,3)24-17(23)22-14-6-4-5-13(10-14)21-16-8-7-12(11-20)9-15(16)19/h7-9,13-14,21H,4-6,10H2,1-3H3,(H,22,23)/t13-,14-/m1/s1. The number of nitrogens with one attached hydrogen (secondary N) is 2. The molecule has 5 nitrogen and oxygen atoms in total. The molecule has 1 aliphatic rings. The van der Waals surface area contributed by atoms with Crippen LogP contribution >= 0.6 is 11.6 Å². The van der Waals surface area contributed by atoms with Crippen molar-refractivity contribution in [3.63, 3.8) is 0 Å². The maximum Gasteiger partial charge on any atom is 0.407 e. The zero-order chi connectivity index (χ0) is 17.7. The first-order valence-electron chi connectivity index (χ1n) is 8.22. The summed E-state index contributed by atoms with van der Waals surface area (Å²) in [7, 11) is 0. The minimum Gasteiger partial charge on any atom is -0.444 e. The summed E-state index contributed by atoms with van der Waals surface area (Å²) in [6, 6.07) is 7.61. The Balaban J connectivity index is 1.91. The van der Waals surface area contributed by atoms with Crippen LogP contribution in [-0.2, 0) is 4.74 Å². The number of carbonyl (C=O) groups excluding carboxylic acids is 1. The third-order valence-corrected chi connectivity index (χ3v) is 4.17. The predicted octanol–water partition coefficient (Wildman–Crippen LogP) is 4.46. The van der Waals surface area contributed by atoms with E-state index in [1.54, 1.807) is 12.1 Å². The highest BCUT2D eigenvalue weighted by molar-refractivity contribution is 6.33. The Morgan fingerprint density at radius 2 is 2.04 bits per heavy atom. The summed E-state index contributed by atoms with van der Waals surface area (Å²) in [4.78, 5) is 11.9. The predicted molar refractivity (Wildman–Crippen MR) is 95.2 cm³/mol. The molecule has 0 saturated heterocycles. The van der Waals surface area contributed by atoms with Crippen molar-refractivity contribution < 1.29 is 9.53 Å². The number of nitriles is 1. The molecule has 0 radical (unpaired) electrons. The van der Waals surface area contributed by atoms with E-state index in [4.69, 9.17) is 21.6 Å². The first kappa shape index (κ1) is 18.4. The van der Waals surface area contributed by atoms with Gasteiger partial charge >= 0.3 is 6.09 Å². The molecule has 6 heteroatoms. The number of hydrogen-bond donors (Lipinski definition) is 2. The normalized spacial score (nSPS) is 20.8. The number of ether oxygens (including phenoxy) is 1. The van der Waals surface area contributed by atoms with Crippen molar-refractivity contribution >= 4 is 23.4 Å². The first-order valence-corrected chi connectivity index (χ1v) is 8.60. The van der Waals surface area contributed by atoms with E-state index in [0.717, 1.165) is 31.4 Å². The number of alkyl carbamates (subject to hydrolysis) is 1. The second kappa shape index (κ2) is 7.76. The lowest BCUT2D eigenvalue weighted by molar-refractivity contribution is 0.0492. The average molecular weight is 350 g/mol. The van der Waals surface area contributed by atoms with Gasteiger partial charge in [-0.25, -0.2) is 4.79 Å². The highest BCUT2D eigenvalue weighted by Crippen LogP contribution is 2.27. The summed E-state index contributed by atoms with van der Waals surface area (Å²) in [6.45, 7) is 5.56. The highest BCUT2D eigenvalue weighted by atomic mass is 35.5. The van der Waals surface area contributed by atoms with Gasteiger partial charge in [-0.15, -0.1) is 0 Å². The Hall–Kier alpha value is -1.93. The molecule has 0 spiro atoms. The Morgan fingerprint density at radius 3 is 2.67 bits per heavy atom. The number of carbonyl (C=O) groups is 1. The Bertz CT molecular complexity index is 634. The molecule has 1 saturated carbocycles. The number of rotatable bonds is 3. The van der Waals surface area contributed by atoms with Crippen LogP contribution in [0.5, 0.6) is 0 Å². The minimum atomic E-state index is -0.494. The number of benzene rings is 1. The van der Waals surface area contributed by atoms with Gasteiger partial charge in [0.25, 0.3) is 0 Å². The minimum absolute atomic E-state index is 0.0863. The van der Waals surface area contributed by atoms with Crippen molar-refractivity contribution in [1.82, 2.24) is 5.32 Å². The summed E-state index contributed by atoms with van der Waals surface area (Å²) in [5, 5.41) is 15.8. The van der Waals surface area contributed by atoms with Crippen LogP contribution in [0.4, 0.5) is 10.5 Å². The fourth-order valence-electron chi connectivity index (χ4n) is 2.85. The lowest BCUT2D eigenvalue weighted by Crippen LogP contribution is -2.43. The second-order valence-corrected chi connectivity index (χ2v) is 7.56. The molecule has 0 aliphatic heterocycles. The van der Waals surface area contributed by atoms with Gasteiger partial charge in [-0.2, -0.15) is 5.26 Å². The van der Waals surface area contributed by atoms with Gasteiger partial charge in [0.05, 0.1) is 22.3 Å². The van der Waals surface area contributed by atoms with Crippen LogP contribution in [0.1, 0.15) is 52.0 Å². The Labute approximate surface area is 148 Å². The maximum atomic E-state index is 11.9. The molecule has 2 rings (SSSR count). The maximum absolute atomic E-state index is 11.9. The van der Waals surface area contributed by atoms with E-state index in [1.807, 2.05) is 26.8 Å². The van der Waals surface area contributed by atoms with Gasteiger partial charge in [0.1, 0.15) is 5.60 Å². The van der Waals surface area contributed by atoms with Crippen LogP contribution in [-0.4, -0.2) is 23.8 Å². The topological polar surface area (TPSA) is 74.2 Å². The molecule has 1 aromatic rings. The number of nitrogens with zero attached hydrogens (tertiary/aromatic N) is 1. The van der Waals surface area contributed by atoms with Crippen molar-refractivity contribution in [3.8, 4) is 6.07 Å². The fourth-order valence-corrected chi connectivity index (χ4v) is 3.08. The van der Waals surface area contributed by atoms with Gasteiger partial charge < -0.3 is 15.4 Å². The monoisotopic (exact) mass is 349 g/mol. The van der Waals surface area contributed by atoms with Gasteiger partial charge in [-0.05, 0) is 64.7 Å². The van der Waals surface area contributed by atoms with Crippen LogP contribution < -0.4 is 10.6 Å². The fraction of sp³-hybridized carbons (Fsp3) is 0.556. The number of amides is 1. The first-order chi connectivity index (χ1) is 11.3. The molecule has 1 aliphatic carbocycles. The SMILES string of the molecule is CC(C)(C)OC(=O)N[C@@H]1CCC[C@@H](Nc2ccc(C#N)cc2Cl)C1. The van der Waals surface area contributed by atoms with E-state index in [-0.39, 0.29) is 18.2 Å². The molecule has 1 amide bonds. The molecule has 0 heterocycles.